The van der Waals surface area contributed by atoms with E-state index < -0.39 is 152 Å². The molecule has 0 aliphatic carbocycles. The third-order valence-corrected chi connectivity index (χ3v) is 10.1. The highest BCUT2D eigenvalue weighted by atomic mass is 32.1. The number of carbonyl (C=O) groups is 12. The lowest BCUT2D eigenvalue weighted by Crippen LogP contribution is -2.62. The van der Waals surface area contributed by atoms with Gasteiger partial charge in [0.25, 0.3) is 0 Å². The van der Waals surface area contributed by atoms with E-state index in [-0.39, 0.29) is 62.8 Å². The zero-order valence-corrected chi connectivity index (χ0v) is 38.0. The Labute approximate surface area is 398 Å². The van der Waals surface area contributed by atoms with Gasteiger partial charge in [-0.25, -0.2) is 4.79 Å². The molecule has 0 unspecified atom stereocenters. The Morgan fingerprint density at radius 3 is 1.39 bits per heavy atom. The summed E-state index contributed by atoms with van der Waals surface area (Å²) < 4.78 is 0. The molecule has 32 heteroatoms. The van der Waals surface area contributed by atoms with E-state index in [1.54, 1.807) is 0 Å². The van der Waals surface area contributed by atoms with E-state index in [2.05, 4.69) is 38.9 Å². The Morgan fingerprint density at radius 2 is 1.00 bits per heavy atom. The summed E-state index contributed by atoms with van der Waals surface area (Å²) in [5.74, 6) is -14.9. The number of nitrogens with one attached hydrogen (secondary N) is 9. The fraction of sp³-hybridized carbons (Fsp3) is 0.649. The molecule has 9 atom stereocenters. The molecule has 0 aromatic carbocycles. The molecule has 1 saturated heterocycles. The lowest BCUT2D eigenvalue weighted by molar-refractivity contribution is -0.142. The monoisotopic (exact) mass is 1010 g/mol. The number of aliphatic hydroxyl groups is 3. The van der Waals surface area contributed by atoms with Crippen LogP contribution in [0.1, 0.15) is 57.8 Å². The maximum Gasteiger partial charge on any atom is 0.327 e. The smallest absolute Gasteiger partial charge is 0.327 e. The van der Waals surface area contributed by atoms with Gasteiger partial charge in [0, 0.05) is 18.7 Å². The Kier molecular flexibility index (Phi) is 27.2. The number of rotatable bonds is 33. The number of hydrogen-bond acceptors (Lipinski definition) is 18. The highest BCUT2D eigenvalue weighted by Crippen LogP contribution is 2.10. The van der Waals surface area contributed by atoms with Gasteiger partial charge in [-0.15, -0.1) is 0 Å². The van der Waals surface area contributed by atoms with E-state index in [4.69, 9.17) is 28.0 Å². The number of aliphatic hydroxyl groups excluding tert-OH is 3. The van der Waals surface area contributed by atoms with Gasteiger partial charge in [0.15, 0.2) is 5.96 Å². The molecule has 1 aliphatic heterocycles. The third kappa shape index (κ3) is 22.2. The minimum atomic E-state index is -2.04. The molecule has 1 rings (SSSR count). The van der Waals surface area contributed by atoms with Crippen LogP contribution in [0.5, 0.6) is 0 Å². The topological polar surface area (TPSA) is 531 Å². The summed E-state index contributed by atoms with van der Waals surface area (Å²) in [6, 6.07) is -15.1. The van der Waals surface area contributed by atoms with Gasteiger partial charge in [-0.3, -0.25) is 57.7 Å². The van der Waals surface area contributed by atoms with Gasteiger partial charge in [0.05, 0.1) is 32.7 Å². The first-order chi connectivity index (χ1) is 32.5. The van der Waals surface area contributed by atoms with E-state index in [9.17, 15) is 78.0 Å². The van der Waals surface area contributed by atoms with Crippen molar-refractivity contribution >= 4 is 89.6 Å². The van der Waals surface area contributed by atoms with E-state index in [0.717, 1.165) is 0 Å². The fourth-order valence-corrected chi connectivity index (χ4v) is 6.33. The van der Waals surface area contributed by atoms with Crippen molar-refractivity contribution in [3.05, 3.63) is 0 Å². The van der Waals surface area contributed by atoms with Gasteiger partial charge in [-0.2, -0.15) is 12.6 Å². The molecule has 1 heterocycles. The summed E-state index contributed by atoms with van der Waals surface area (Å²) in [5, 5.41) is 68.0. The highest BCUT2D eigenvalue weighted by Gasteiger charge is 2.36. The second-order valence-electron chi connectivity index (χ2n) is 15.2. The summed E-state index contributed by atoms with van der Waals surface area (Å²) in [6.07, 6.45) is -1.25. The third-order valence-electron chi connectivity index (χ3n) is 9.76. The first kappa shape index (κ1) is 60.1. The standard InChI is InChI=1S/C37H62N14O17S/c38-8-2-1-4-16(44-30(61)18-6-7-26(56)43-18)28(59)45-17(5-3-9-42-37(40)41)29(60)47-20(11-27(57)58)32(63)49-22(13-53)34(65)50-21(12-52)33(64)46-19(10-25(39)55)31(62)48-23(14-54)35(66)51-24(15-69)36(67)68/h16-24,52-54,69H,1-15,38H2,(H2,39,55)(H,43,56)(H,44,61)(H,45,59)(H,46,64)(H,47,60)(H,48,62)(H,49,63)(H,50,65)(H,51,66)(H,57,58)(H,67,68)(H4,40,41,42)/t16-,17-,18-,19-,20-,21-,22-,23-,24-/m0/s1. The Hall–Kier alpha value is -6.90. The highest BCUT2D eigenvalue weighted by molar-refractivity contribution is 7.80. The first-order valence-corrected chi connectivity index (χ1v) is 21.8. The second-order valence-corrected chi connectivity index (χ2v) is 15.6. The summed E-state index contributed by atoms with van der Waals surface area (Å²) in [5.41, 5.74) is 21.5. The minimum absolute atomic E-state index is 0.0245. The lowest BCUT2D eigenvalue weighted by atomic mass is 10.0. The van der Waals surface area contributed by atoms with Crippen molar-refractivity contribution in [3.8, 4) is 0 Å². The van der Waals surface area contributed by atoms with Gasteiger partial charge in [-0.1, -0.05) is 0 Å². The normalized spacial score (nSPS) is 16.4. The molecule has 31 nitrogen and oxygen atoms in total. The van der Waals surface area contributed by atoms with Crippen LogP contribution in [-0.4, -0.2) is 196 Å². The van der Waals surface area contributed by atoms with Crippen molar-refractivity contribution < 1.29 is 83.1 Å². The largest absolute Gasteiger partial charge is 0.481 e. The number of primary amides is 1. The van der Waals surface area contributed by atoms with Gasteiger partial charge in [0.2, 0.25) is 59.1 Å². The van der Waals surface area contributed by atoms with Gasteiger partial charge in [-0.05, 0) is 45.1 Å². The molecule has 10 amide bonds. The molecule has 0 saturated carbocycles. The molecule has 388 valence electrons. The summed E-state index contributed by atoms with van der Waals surface area (Å²) in [6.45, 7) is -3.40. The number of aliphatic carboxylic acids is 2. The summed E-state index contributed by atoms with van der Waals surface area (Å²) in [7, 11) is 0. The van der Waals surface area contributed by atoms with Crippen molar-refractivity contribution in [2.75, 3.05) is 38.7 Å². The van der Waals surface area contributed by atoms with Crippen LogP contribution in [0, 0.1) is 0 Å². The Morgan fingerprint density at radius 1 is 0.594 bits per heavy atom. The number of nitrogens with zero attached hydrogens (tertiary/aromatic N) is 1. The molecule has 0 bridgehead atoms. The van der Waals surface area contributed by atoms with Crippen LogP contribution in [0.2, 0.25) is 0 Å². The summed E-state index contributed by atoms with van der Waals surface area (Å²) >= 11 is 3.78. The Balaban J connectivity index is 3.27. The maximum atomic E-state index is 13.7. The van der Waals surface area contributed by atoms with E-state index >= 15 is 0 Å². The number of guanidine groups is 1. The first-order valence-electron chi connectivity index (χ1n) is 21.2. The number of unbranched alkanes of at least 4 members (excludes halogenated alkanes) is 1. The average molecular weight is 1010 g/mol. The SMILES string of the molecule is NCCCC[C@H](NC(=O)[C@@H]1CCC(=O)N1)C(=O)N[C@@H](CCCN=C(N)N)C(=O)N[C@@H](CC(=O)O)C(=O)N[C@@H](CO)C(=O)N[C@@H](CO)C(=O)N[C@@H](CC(N)=O)C(=O)N[C@@H](CO)C(=O)N[C@@H](CS)C(=O)O. The number of carbonyl (C=O) groups excluding carboxylic acids is 10. The van der Waals surface area contributed by atoms with Crippen LogP contribution in [0.15, 0.2) is 4.99 Å². The average Bonchev–Trinajstić information content (AvgIpc) is 3.73. The molecular formula is C37H62N14O17S. The van der Waals surface area contributed by atoms with Crippen LogP contribution < -0.4 is 70.8 Å². The molecule has 22 N–H and O–H groups in total. The van der Waals surface area contributed by atoms with Crippen LogP contribution >= 0.6 is 12.6 Å². The number of carboxylic acid groups (broad SMARTS) is 2. The fourth-order valence-electron chi connectivity index (χ4n) is 6.09. The number of hydrogen-bond donors (Lipinski definition) is 19. The number of amides is 10. The van der Waals surface area contributed by atoms with Crippen molar-refractivity contribution in [3.63, 3.8) is 0 Å². The van der Waals surface area contributed by atoms with Gasteiger partial charge in [0.1, 0.15) is 54.4 Å². The zero-order chi connectivity index (χ0) is 52.4. The Bertz CT molecular complexity index is 1890. The zero-order valence-electron chi connectivity index (χ0n) is 37.1. The predicted octanol–water partition coefficient (Wildman–Crippen LogP) is -10.3. The number of aliphatic imine (C=N–C) groups is 1. The van der Waals surface area contributed by atoms with Crippen LogP contribution in [0.4, 0.5) is 0 Å². The molecule has 1 fully saturated rings. The number of carboxylic acids is 2. The van der Waals surface area contributed by atoms with Crippen molar-refractivity contribution in [1.82, 2.24) is 47.9 Å². The second kappa shape index (κ2) is 31.2. The lowest BCUT2D eigenvalue weighted by Gasteiger charge is -2.27. The molecule has 0 spiro atoms. The summed E-state index contributed by atoms with van der Waals surface area (Å²) in [4.78, 5) is 156. The van der Waals surface area contributed by atoms with E-state index in [0.29, 0.717) is 12.8 Å². The van der Waals surface area contributed by atoms with Crippen LogP contribution in [0.25, 0.3) is 0 Å². The molecule has 0 radical (unpaired) electrons. The van der Waals surface area contributed by atoms with Crippen molar-refractivity contribution in [1.29, 1.82) is 0 Å². The molecule has 69 heavy (non-hydrogen) atoms. The molecule has 0 aromatic rings. The maximum absolute atomic E-state index is 13.7. The molecular weight excluding hydrogens is 945 g/mol. The van der Waals surface area contributed by atoms with E-state index in [1.807, 2.05) is 26.6 Å². The molecule has 0 aromatic heterocycles. The van der Waals surface area contributed by atoms with Crippen LogP contribution in [-0.2, 0) is 57.5 Å². The predicted molar refractivity (Wildman–Crippen MR) is 238 cm³/mol. The van der Waals surface area contributed by atoms with Crippen molar-refractivity contribution in [2.45, 2.75) is 112 Å². The van der Waals surface area contributed by atoms with Gasteiger partial charge < -0.3 is 96.3 Å². The number of thiol groups is 1. The molecule has 1 aliphatic rings. The van der Waals surface area contributed by atoms with E-state index in [1.165, 1.54) is 0 Å². The van der Waals surface area contributed by atoms with Crippen LogP contribution in [0.3, 0.4) is 0 Å². The minimum Gasteiger partial charge on any atom is -0.481 e. The number of nitrogens with two attached hydrogens (primary N) is 4. The van der Waals surface area contributed by atoms with Crippen molar-refractivity contribution in [2.24, 2.45) is 27.9 Å². The quantitative estimate of drug-likeness (QED) is 0.0126. The van der Waals surface area contributed by atoms with Gasteiger partial charge >= 0.3 is 11.9 Å².